The fourth-order valence-electron chi connectivity index (χ4n) is 0.235. The van der Waals surface area contributed by atoms with Gasteiger partial charge in [0, 0.05) is 5.54 Å². The number of halogens is 1. The van der Waals surface area contributed by atoms with E-state index in [2.05, 4.69) is 6.07 Å². The summed E-state index contributed by atoms with van der Waals surface area (Å²) >= 11 is 5.48. The predicted octanol–water partition coefficient (Wildman–Crippen LogP) is 1.03. The molecule has 1 nitrogen and oxygen atoms in total. The second-order valence-electron chi connectivity index (χ2n) is 1.39. The zero-order valence-corrected chi connectivity index (χ0v) is 6.49. The topological polar surface area (TPSA) is 23.8 Å². The van der Waals surface area contributed by atoms with Gasteiger partial charge in [0.05, 0.1) is 6.07 Å². The minimum absolute atomic E-state index is 0.196. The van der Waals surface area contributed by atoms with Crippen molar-refractivity contribution in [3.63, 3.8) is 0 Å². The Morgan fingerprint density at radius 3 is 2.57 bits per heavy atom. The second kappa shape index (κ2) is 4.16. The molecule has 0 spiro atoms. The van der Waals surface area contributed by atoms with Gasteiger partial charge in [-0.25, -0.2) is 0 Å². The van der Waals surface area contributed by atoms with E-state index < -0.39 is 8.83 Å². The summed E-state index contributed by atoms with van der Waals surface area (Å²) < 4.78 is 0. The van der Waals surface area contributed by atoms with Crippen molar-refractivity contribution in [1.29, 1.82) is 5.26 Å². The Bertz CT molecular complexity index is 74.2. The molecule has 0 aliphatic rings. The molecule has 0 N–H and O–H groups in total. The largest absolute Gasteiger partial charge is 0.198 e. The van der Waals surface area contributed by atoms with Gasteiger partial charge in [0.15, 0.2) is 0 Å². The molecule has 0 rings (SSSR count). The van der Waals surface area contributed by atoms with E-state index in [0.717, 1.165) is 6.42 Å². The van der Waals surface area contributed by atoms with E-state index in [4.69, 9.17) is 16.3 Å². The van der Waals surface area contributed by atoms with Crippen LogP contribution in [-0.4, -0.2) is 8.83 Å². The first-order chi connectivity index (χ1) is 3.35. The van der Waals surface area contributed by atoms with Crippen LogP contribution in [0.15, 0.2) is 0 Å². The highest BCUT2D eigenvalue weighted by atomic mass is 35.6. The molecule has 0 aromatic rings. The summed E-state index contributed by atoms with van der Waals surface area (Å²) in [4.78, 5) is 0. The van der Waals surface area contributed by atoms with Crippen molar-refractivity contribution in [3.05, 3.63) is 0 Å². The van der Waals surface area contributed by atoms with Gasteiger partial charge in [0.2, 0.25) is 0 Å². The predicted molar refractivity (Wildman–Crippen MR) is 34.1 cm³/mol. The van der Waals surface area contributed by atoms with E-state index in [-0.39, 0.29) is 5.54 Å². The van der Waals surface area contributed by atoms with Gasteiger partial charge >= 0.3 is 0 Å². The third-order valence-corrected chi connectivity index (χ3v) is 3.11. The molecule has 1 unspecified atom stereocenters. The summed E-state index contributed by atoms with van der Waals surface area (Å²) in [5.41, 5.74) is 0.196. The highest BCUT2D eigenvalue weighted by Crippen LogP contribution is 2.06. The van der Waals surface area contributed by atoms with Crippen LogP contribution in [0.2, 0.25) is 5.54 Å². The number of hydrogen-bond donors (Lipinski definition) is 0. The molecule has 0 heterocycles. The van der Waals surface area contributed by atoms with Gasteiger partial charge in [-0.3, -0.25) is 0 Å². The van der Waals surface area contributed by atoms with Crippen molar-refractivity contribution >= 4 is 19.9 Å². The van der Waals surface area contributed by atoms with Crippen molar-refractivity contribution in [2.24, 2.45) is 0 Å². The van der Waals surface area contributed by atoms with Gasteiger partial charge in [-0.05, 0) is 6.42 Å². The lowest BCUT2D eigenvalue weighted by molar-refractivity contribution is 0.960. The van der Waals surface area contributed by atoms with E-state index in [1.165, 1.54) is 0 Å². The van der Waals surface area contributed by atoms with Crippen LogP contribution < -0.4 is 0 Å². The third-order valence-electron chi connectivity index (χ3n) is 0.862. The van der Waals surface area contributed by atoms with E-state index in [1.54, 1.807) is 0 Å². The lowest BCUT2D eigenvalue weighted by atomic mass is 10.4. The zero-order chi connectivity index (χ0) is 5.70. The van der Waals surface area contributed by atoms with Crippen molar-refractivity contribution in [2.75, 3.05) is 0 Å². The molecule has 0 aromatic carbocycles. The van der Waals surface area contributed by atoms with Gasteiger partial charge in [-0.1, -0.05) is 6.92 Å². The standard InChI is InChI=1S/C4H8ClNSi/c1-2-4(3-6)7-5/h4H,2,7H2,1H3. The number of nitriles is 1. The molecule has 0 radical (unpaired) electrons. The maximum absolute atomic E-state index is 8.23. The summed E-state index contributed by atoms with van der Waals surface area (Å²) in [5, 5.41) is 8.23. The van der Waals surface area contributed by atoms with Crippen LogP contribution in [0.25, 0.3) is 0 Å². The molecule has 0 saturated carbocycles. The molecule has 0 fully saturated rings. The molecule has 0 aliphatic carbocycles. The maximum atomic E-state index is 8.23. The number of nitrogens with zero attached hydrogens (tertiary/aromatic N) is 1. The van der Waals surface area contributed by atoms with Crippen LogP contribution in [0.3, 0.4) is 0 Å². The van der Waals surface area contributed by atoms with Gasteiger partial charge in [0.25, 0.3) is 0 Å². The molecule has 7 heavy (non-hydrogen) atoms. The van der Waals surface area contributed by atoms with Crippen molar-refractivity contribution in [3.8, 4) is 6.07 Å². The van der Waals surface area contributed by atoms with E-state index in [1.807, 2.05) is 6.92 Å². The summed E-state index contributed by atoms with van der Waals surface area (Å²) in [6.07, 6.45) is 0.923. The molecule has 0 aliphatic heterocycles. The van der Waals surface area contributed by atoms with Crippen LogP contribution in [0.5, 0.6) is 0 Å². The van der Waals surface area contributed by atoms with Crippen molar-refractivity contribution in [2.45, 2.75) is 18.9 Å². The summed E-state index contributed by atoms with van der Waals surface area (Å²) in [6.45, 7) is 1.99. The molecular formula is C4H8ClNSi. The minimum Gasteiger partial charge on any atom is -0.198 e. The summed E-state index contributed by atoms with van der Waals surface area (Å²) in [5.74, 6) is 0. The molecule has 1 atom stereocenters. The Hall–Kier alpha value is -0.00312. The van der Waals surface area contributed by atoms with Crippen molar-refractivity contribution < 1.29 is 0 Å². The van der Waals surface area contributed by atoms with Crippen LogP contribution in [-0.2, 0) is 0 Å². The lowest BCUT2D eigenvalue weighted by Crippen LogP contribution is -1.90. The van der Waals surface area contributed by atoms with Crippen LogP contribution in [0.4, 0.5) is 0 Å². The smallest absolute Gasteiger partial charge is 0.142 e. The van der Waals surface area contributed by atoms with Gasteiger partial charge < -0.3 is 0 Å². The Morgan fingerprint density at radius 1 is 2.00 bits per heavy atom. The monoisotopic (exact) mass is 133 g/mol. The Morgan fingerprint density at radius 2 is 2.57 bits per heavy atom. The van der Waals surface area contributed by atoms with Crippen LogP contribution in [0, 0.1) is 11.3 Å². The Kier molecular flexibility index (Phi) is 4.16. The quantitative estimate of drug-likeness (QED) is 0.408. The second-order valence-corrected chi connectivity index (χ2v) is 3.61. The number of hydrogen-bond acceptors (Lipinski definition) is 1. The molecule has 0 bridgehead atoms. The molecule has 3 heteroatoms. The SMILES string of the molecule is CCC(C#N)[SiH2]Cl. The van der Waals surface area contributed by atoms with E-state index >= 15 is 0 Å². The number of rotatable bonds is 2. The average Bonchev–Trinajstić information content (AvgIpc) is 1.72. The van der Waals surface area contributed by atoms with Crippen molar-refractivity contribution in [1.82, 2.24) is 0 Å². The molecule has 40 valence electrons. The van der Waals surface area contributed by atoms with E-state index in [0.29, 0.717) is 0 Å². The van der Waals surface area contributed by atoms with Crippen LogP contribution >= 0.6 is 11.1 Å². The highest BCUT2D eigenvalue weighted by molar-refractivity contribution is 6.94. The molecular weight excluding hydrogens is 126 g/mol. The maximum Gasteiger partial charge on any atom is 0.142 e. The van der Waals surface area contributed by atoms with Crippen LogP contribution in [0.1, 0.15) is 13.3 Å². The molecule has 0 amide bonds. The summed E-state index contributed by atoms with van der Waals surface area (Å²) in [6, 6.07) is 2.13. The first-order valence-electron chi connectivity index (χ1n) is 2.30. The fourth-order valence-corrected chi connectivity index (χ4v) is 1.38. The van der Waals surface area contributed by atoms with Gasteiger partial charge in [-0.15, -0.1) is 0 Å². The molecule has 0 saturated heterocycles. The first-order valence-corrected chi connectivity index (χ1v) is 5.26. The zero-order valence-electron chi connectivity index (χ0n) is 4.32. The average molecular weight is 134 g/mol. The fraction of sp³-hybridized carbons (Fsp3) is 0.750. The summed E-state index contributed by atoms with van der Waals surface area (Å²) in [7, 11) is -0.561. The Labute approximate surface area is 50.8 Å². The highest BCUT2D eigenvalue weighted by Gasteiger charge is 1.99. The van der Waals surface area contributed by atoms with E-state index in [9.17, 15) is 0 Å². The van der Waals surface area contributed by atoms with Gasteiger partial charge in [-0.2, -0.15) is 16.3 Å². The third kappa shape index (κ3) is 2.66. The molecule has 0 aromatic heterocycles. The minimum atomic E-state index is -0.561. The normalized spacial score (nSPS) is 14.4. The first kappa shape index (κ1) is 7.00. The Balaban J connectivity index is 3.23. The lowest BCUT2D eigenvalue weighted by Gasteiger charge is -1.92. The van der Waals surface area contributed by atoms with Gasteiger partial charge in [0.1, 0.15) is 8.83 Å².